The summed E-state index contributed by atoms with van der Waals surface area (Å²) in [5, 5.41) is 0. The highest BCUT2D eigenvalue weighted by Gasteiger charge is 1.94. The fourth-order valence-corrected chi connectivity index (χ4v) is 1.80. The van der Waals surface area contributed by atoms with Gasteiger partial charge in [-0.15, -0.1) is 0 Å². The van der Waals surface area contributed by atoms with Gasteiger partial charge in [0.25, 0.3) is 0 Å². The summed E-state index contributed by atoms with van der Waals surface area (Å²) in [7, 11) is 4.10. The number of nitrogens with zero attached hydrogens (tertiary/aromatic N) is 1. The quantitative estimate of drug-likeness (QED) is 0.734. The van der Waals surface area contributed by atoms with E-state index < -0.39 is 0 Å². The zero-order valence-corrected chi connectivity index (χ0v) is 11.8. The highest BCUT2D eigenvalue weighted by molar-refractivity contribution is 5.46. The Kier molecular flexibility index (Phi) is 4.26. The molecule has 2 aromatic rings. The lowest BCUT2D eigenvalue weighted by Gasteiger charge is -2.11. The van der Waals surface area contributed by atoms with E-state index in [4.69, 9.17) is 0 Å². The Hall–Kier alpha value is -2.20. The van der Waals surface area contributed by atoms with Crippen LogP contribution in [0.5, 0.6) is 0 Å². The van der Waals surface area contributed by atoms with E-state index in [1.165, 1.54) is 16.8 Å². The number of benzene rings is 2. The zero-order chi connectivity index (χ0) is 13.7. The van der Waals surface area contributed by atoms with Crippen LogP contribution in [0.4, 0.5) is 5.69 Å². The Balaban J connectivity index is 2.01. The molecule has 2 aromatic carbocycles. The topological polar surface area (TPSA) is 3.24 Å². The number of aryl methyl sites for hydroxylation is 1. The molecule has 0 N–H and O–H groups in total. The molecule has 0 aliphatic heterocycles. The summed E-state index contributed by atoms with van der Waals surface area (Å²) in [4.78, 5) is 2.10. The molecule has 0 aliphatic rings. The van der Waals surface area contributed by atoms with Crippen molar-refractivity contribution in [1.82, 2.24) is 0 Å². The van der Waals surface area contributed by atoms with Crippen molar-refractivity contribution in [3.63, 3.8) is 0 Å². The van der Waals surface area contributed by atoms with Crippen LogP contribution in [0.1, 0.15) is 16.7 Å². The van der Waals surface area contributed by atoms with Gasteiger partial charge in [-0.25, -0.2) is 0 Å². The Labute approximate surface area is 115 Å². The van der Waals surface area contributed by atoms with E-state index in [-0.39, 0.29) is 0 Å². The lowest BCUT2D eigenvalue weighted by molar-refractivity contribution is 1.13. The van der Waals surface area contributed by atoms with E-state index in [2.05, 4.69) is 72.2 Å². The van der Waals surface area contributed by atoms with Gasteiger partial charge < -0.3 is 4.90 Å². The van der Waals surface area contributed by atoms with Crippen LogP contribution in [0, 0.1) is 18.8 Å². The average Bonchev–Trinajstić information content (AvgIpc) is 2.41. The second-order valence-corrected chi connectivity index (χ2v) is 4.91. The summed E-state index contributed by atoms with van der Waals surface area (Å²) in [5.74, 6) is 6.42. The van der Waals surface area contributed by atoms with Crippen molar-refractivity contribution < 1.29 is 0 Å². The molecule has 0 radical (unpaired) electrons. The number of anilines is 1. The second-order valence-electron chi connectivity index (χ2n) is 4.91. The van der Waals surface area contributed by atoms with Gasteiger partial charge in [0.2, 0.25) is 0 Å². The van der Waals surface area contributed by atoms with Crippen molar-refractivity contribution in [3.8, 4) is 11.8 Å². The van der Waals surface area contributed by atoms with Gasteiger partial charge in [-0.2, -0.15) is 0 Å². The Morgan fingerprint density at radius 3 is 2.11 bits per heavy atom. The van der Waals surface area contributed by atoms with Gasteiger partial charge in [-0.3, -0.25) is 0 Å². The lowest BCUT2D eigenvalue weighted by Crippen LogP contribution is -2.08. The van der Waals surface area contributed by atoms with Gasteiger partial charge in [0.05, 0.1) is 0 Å². The molecule has 0 heterocycles. The number of hydrogen-bond acceptors (Lipinski definition) is 1. The smallest absolute Gasteiger partial charge is 0.0361 e. The number of hydrogen-bond donors (Lipinski definition) is 0. The first-order valence-corrected chi connectivity index (χ1v) is 6.47. The molecule has 0 aliphatic carbocycles. The van der Waals surface area contributed by atoms with Gasteiger partial charge in [0.15, 0.2) is 0 Å². The SMILES string of the molecule is Cc1ccc(C#CCc2ccc(N(C)C)cc2)cc1. The summed E-state index contributed by atoms with van der Waals surface area (Å²) < 4.78 is 0. The fraction of sp³-hybridized carbons (Fsp3) is 0.222. The monoisotopic (exact) mass is 249 g/mol. The third-order valence-electron chi connectivity index (χ3n) is 3.03. The number of rotatable bonds is 2. The van der Waals surface area contributed by atoms with Gasteiger partial charge in [0, 0.05) is 31.8 Å². The van der Waals surface area contributed by atoms with Crippen LogP contribution >= 0.6 is 0 Å². The first kappa shape index (κ1) is 13.2. The Morgan fingerprint density at radius 1 is 0.895 bits per heavy atom. The van der Waals surface area contributed by atoms with Crippen LogP contribution in [0.2, 0.25) is 0 Å². The Morgan fingerprint density at radius 2 is 1.53 bits per heavy atom. The maximum absolute atomic E-state index is 3.22. The Bertz CT molecular complexity index is 580. The summed E-state index contributed by atoms with van der Waals surface area (Å²) in [6.45, 7) is 2.09. The molecule has 96 valence electrons. The molecule has 0 amide bonds. The minimum Gasteiger partial charge on any atom is -0.378 e. The molecular weight excluding hydrogens is 230 g/mol. The van der Waals surface area contributed by atoms with Crippen LogP contribution in [-0.4, -0.2) is 14.1 Å². The largest absolute Gasteiger partial charge is 0.378 e. The van der Waals surface area contributed by atoms with E-state index in [1.807, 2.05) is 14.1 Å². The van der Waals surface area contributed by atoms with Crippen molar-refractivity contribution >= 4 is 5.69 Å². The van der Waals surface area contributed by atoms with Gasteiger partial charge in [0.1, 0.15) is 0 Å². The third kappa shape index (κ3) is 3.89. The molecule has 1 nitrogen and oxygen atoms in total. The third-order valence-corrected chi connectivity index (χ3v) is 3.03. The molecule has 0 unspecified atom stereocenters. The van der Waals surface area contributed by atoms with Crippen molar-refractivity contribution in [2.24, 2.45) is 0 Å². The van der Waals surface area contributed by atoms with Crippen LogP contribution in [0.25, 0.3) is 0 Å². The van der Waals surface area contributed by atoms with E-state index in [1.54, 1.807) is 0 Å². The predicted molar refractivity (Wildman–Crippen MR) is 82.5 cm³/mol. The minimum absolute atomic E-state index is 0.793. The van der Waals surface area contributed by atoms with Gasteiger partial charge >= 0.3 is 0 Å². The molecular formula is C18H19N. The zero-order valence-electron chi connectivity index (χ0n) is 11.8. The molecule has 0 saturated heterocycles. The first-order valence-electron chi connectivity index (χ1n) is 6.47. The van der Waals surface area contributed by atoms with Crippen LogP contribution < -0.4 is 4.90 Å². The maximum Gasteiger partial charge on any atom is 0.0361 e. The molecule has 0 aromatic heterocycles. The maximum atomic E-state index is 3.22. The summed E-state index contributed by atoms with van der Waals surface area (Å²) >= 11 is 0. The molecule has 0 bridgehead atoms. The summed E-state index contributed by atoms with van der Waals surface area (Å²) in [5.41, 5.74) is 4.82. The standard InChI is InChI=1S/C18H19N/c1-15-7-9-16(10-8-15)5-4-6-17-11-13-18(14-12-17)19(2)3/h7-14H,6H2,1-3H3. The van der Waals surface area contributed by atoms with Crippen LogP contribution in [0.3, 0.4) is 0 Å². The molecule has 1 heteroatoms. The highest BCUT2D eigenvalue weighted by atomic mass is 15.1. The van der Waals surface area contributed by atoms with Crippen LogP contribution in [-0.2, 0) is 6.42 Å². The average molecular weight is 249 g/mol. The van der Waals surface area contributed by atoms with E-state index in [9.17, 15) is 0 Å². The van der Waals surface area contributed by atoms with E-state index in [0.29, 0.717) is 0 Å². The van der Waals surface area contributed by atoms with Crippen molar-refractivity contribution in [2.45, 2.75) is 13.3 Å². The van der Waals surface area contributed by atoms with Crippen molar-refractivity contribution in [2.75, 3.05) is 19.0 Å². The molecule has 0 spiro atoms. The van der Waals surface area contributed by atoms with Crippen LogP contribution in [0.15, 0.2) is 48.5 Å². The molecule has 0 atom stereocenters. The van der Waals surface area contributed by atoms with Crippen molar-refractivity contribution in [3.05, 3.63) is 65.2 Å². The summed E-state index contributed by atoms with van der Waals surface area (Å²) in [6, 6.07) is 16.9. The molecule has 0 saturated carbocycles. The molecule has 2 rings (SSSR count). The fourth-order valence-electron chi connectivity index (χ4n) is 1.80. The minimum atomic E-state index is 0.793. The lowest BCUT2D eigenvalue weighted by atomic mass is 10.1. The van der Waals surface area contributed by atoms with Gasteiger partial charge in [-0.05, 0) is 36.8 Å². The van der Waals surface area contributed by atoms with E-state index >= 15 is 0 Å². The molecule has 19 heavy (non-hydrogen) atoms. The summed E-state index contributed by atoms with van der Waals surface area (Å²) in [6.07, 6.45) is 0.793. The highest BCUT2D eigenvalue weighted by Crippen LogP contribution is 2.12. The first-order chi connectivity index (χ1) is 9.15. The van der Waals surface area contributed by atoms with Crippen molar-refractivity contribution in [1.29, 1.82) is 0 Å². The van der Waals surface area contributed by atoms with Gasteiger partial charge in [-0.1, -0.05) is 41.7 Å². The van der Waals surface area contributed by atoms with E-state index in [0.717, 1.165) is 12.0 Å². The normalized spacial score (nSPS) is 9.63. The second kappa shape index (κ2) is 6.11. The predicted octanol–water partition coefficient (Wildman–Crippen LogP) is 3.66. The molecule has 0 fully saturated rings.